The van der Waals surface area contributed by atoms with Gasteiger partial charge < -0.3 is 0 Å². The molecule has 0 heterocycles. The van der Waals surface area contributed by atoms with Crippen molar-refractivity contribution < 1.29 is 0 Å². The Morgan fingerprint density at radius 1 is 1.67 bits per heavy atom. The highest BCUT2D eigenvalue weighted by Gasteiger charge is 1.47. The molecule has 0 saturated heterocycles. The molecular formula is C5H4Br. The van der Waals surface area contributed by atoms with Crippen LogP contribution in [0, 0.1) is 17.7 Å². The highest BCUT2D eigenvalue weighted by molar-refractivity contribution is 9.12. The van der Waals surface area contributed by atoms with E-state index in [0.29, 0.717) is 0 Å². The van der Waals surface area contributed by atoms with Crippen molar-refractivity contribution in [1.82, 2.24) is 0 Å². The minimum Gasteiger partial charge on any atom is -0.0758 e. The van der Waals surface area contributed by atoms with Gasteiger partial charge in [-0.3, -0.25) is 0 Å². The molecule has 0 rings (SSSR count). The van der Waals surface area contributed by atoms with Crippen LogP contribution in [0.3, 0.4) is 0 Å². The number of rotatable bonds is 0. The van der Waals surface area contributed by atoms with E-state index in [1.165, 1.54) is 0 Å². The van der Waals surface area contributed by atoms with Gasteiger partial charge >= 0.3 is 0 Å². The van der Waals surface area contributed by atoms with Crippen LogP contribution < -0.4 is 0 Å². The van der Waals surface area contributed by atoms with Gasteiger partial charge in [-0.25, -0.2) is 0 Å². The second-order valence-corrected chi connectivity index (χ2v) is 1.04. The summed E-state index contributed by atoms with van der Waals surface area (Å²) < 4.78 is 0. The van der Waals surface area contributed by atoms with Gasteiger partial charge in [0.15, 0.2) is 0 Å². The van der Waals surface area contributed by atoms with Gasteiger partial charge in [-0.1, -0.05) is 12.0 Å². The summed E-state index contributed by atoms with van der Waals surface area (Å²) in [5, 5.41) is 0. The molecule has 1 heteroatoms. The first kappa shape index (κ1) is 5.78. The Labute approximate surface area is 46.4 Å². The van der Waals surface area contributed by atoms with Crippen LogP contribution in [-0.2, 0) is 0 Å². The average Bonchev–Trinajstić information content (AvgIpc) is 1.61. The van der Waals surface area contributed by atoms with E-state index in [2.05, 4.69) is 33.6 Å². The monoisotopic (exact) mass is 143 g/mol. The molecule has 0 aromatic heterocycles. The Morgan fingerprint density at radius 2 is 2.33 bits per heavy atom. The molecule has 0 aromatic rings. The van der Waals surface area contributed by atoms with Crippen LogP contribution in [0.1, 0.15) is 0 Å². The SMILES string of the molecule is [CH2]C=CC#CBr. The molecule has 0 spiro atoms. The van der Waals surface area contributed by atoms with E-state index in [4.69, 9.17) is 0 Å². The summed E-state index contributed by atoms with van der Waals surface area (Å²) >= 11 is 2.91. The zero-order chi connectivity index (χ0) is 4.83. The standard InChI is InChI=1S/C5H4Br/c1-2-3-4-5-6/h2-3H,1H2. The highest BCUT2D eigenvalue weighted by Crippen LogP contribution is 1.69. The van der Waals surface area contributed by atoms with Crippen LogP contribution in [0.15, 0.2) is 12.2 Å². The fourth-order valence-electron chi connectivity index (χ4n) is 0.0904. The summed E-state index contributed by atoms with van der Waals surface area (Å²) in [6.45, 7) is 3.42. The van der Waals surface area contributed by atoms with Gasteiger partial charge in [-0.05, 0) is 17.8 Å². The summed E-state index contributed by atoms with van der Waals surface area (Å²) in [7, 11) is 0. The van der Waals surface area contributed by atoms with E-state index in [1.807, 2.05) is 0 Å². The molecule has 0 aliphatic carbocycles. The molecular weight excluding hydrogens is 140 g/mol. The van der Waals surface area contributed by atoms with Crippen molar-refractivity contribution in [3.63, 3.8) is 0 Å². The summed E-state index contributed by atoms with van der Waals surface area (Å²) in [6, 6.07) is 0. The molecule has 6 heavy (non-hydrogen) atoms. The van der Waals surface area contributed by atoms with Crippen molar-refractivity contribution in [2.24, 2.45) is 0 Å². The average molecular weight is 144 g/mol. The predicted octanol–water partition coefficient (Wildman–Crippen LogP) is 1.73. The van der Waals surface area contributed by atoms with Gasteiger partial charge in [0.05, 0.1) is 0 Å². The third-order valence-corrected chi connectivity index (χ3v) is 0.485. The molecule has 0 N–H and O–H groups in total. The first-order valence-corrected chi connectivity index (χ1v) is 2.26. The Morgan fingerprint density at radius 3 is 2.50 bits per heavy atom. The van der Waals surface area contributed by atoms with E-state index < -0.39 is 0 Å². The quantitative estimate of drug-likeness (QED) is 0.454. The lowest BCUT2D eigenvalue weighted by atomic mass is 10.6. The summed E-state index contributed by atoms with van der Waals surface area (Å²) in [5.41, 5.74) is 0. The number of hydrogen-bond donors (Lipinski definition) is 0. The maximum absolute atomic E-state index is 3.42. The van der Waals surface area contributed by atoms with Gasteiger partial charge in [-0.2, -0.15) is 0 Å². The molecule has 0 bridgehead atoms. The van der Waals surface area contributed by atoms with E-state index in [0.717, 1.165) is 0 Å². The molecule has 0 amide bonds. The van der Waals surface area contributed by atoms with Crippen LogP contribution >= 0.6 is 15.9 Å². The van der Waals surface area contributed by atoms with E-state index in [-0.39, 0.29) is 0 Å². The lowest BCUT2D eigenvalue weighted by Crippen LogP contribution is -1.39. The van der Waals surface area contributed by atoms with E-state index >= 15 is 0 Å². The molecule has 0 aliphatic heterocycles. The largest absolute Gasteiger partial charge is 0.0758 e. The fourth-order valence-corrected chi connectivity index (χ4v) is 0.223. The third-order valence-electron chi connectivity index (χ3n) is 0.256. The van der Waals surface area contributed by atoms with Crippen molar-refractivity contribution in [3.8, 4) is 10.8 Å². The number of halogens is 1. The van der Waals surface area contributed by atoms with Crippen LogP contribution in [0.2, 0.25) is 0 Å². The smallest absolute Gasteiger partial charge is 0.0110 e. The zero-order valence-corrected chi connectivity index (χ0v) is 4.83. The maximum atomic E-state index is 3.42. The normalized spacial score (nSPS) is 7.67. The van der Waals surface area contributed by atoms with Gasteiger partial charge in [0, 0.05) is 15.9 Å². The fraction of sp³-hybridized carbons (Fsp3) is 0. The first-order chi connectivity index (χ1) is 2.91. The van der Waals surface area contributed by atoms with E-state index in [1.54, 1.807) is 12.2 Å². The van der Waals surface area contributed by atoms with E-state index in [9.17, 15) is 0 Å². The van der Waals surface area contributed by atoms with Gasteiger partial charge in [0.25, 0.3) is 0 Å². The summed E-state index contributed by atoms with van der Waals surface area (Å²) in [5.74, 6) is 2.62. The zero-order valence-electron chi connectivity index (χ0n) is 3.24. The predicted molar refractivity (Wildman–Crippen MR) is 31.2 cm³/mol. The molecule has 0 saturated carbocycles. The van der Waals surface area contributed by atoms with Gasteiger partial charge in [0.1, 0.15) is 0 Å². The van der Waals surface area contributed by atoms with Crippen LogP contribution in [0.5, 0.6) is 0 Å². The first-order valence-electron chi connectivity index (χ1n) is 1.47. The minimum atomic E-state index is 1.63. The van der Waals surface area contributed by atoms with Crippen molar-refractivity contribution in [1.29, 1.82) is 0 Å². The highest BCUT2D eigenvalue weighted by atomic mass is 79.9. The second kappa shape index (κ2) is 4.78. The Balaban J connectivity index is 3.24. The molecule has 0 aromatic carbocycles. The molecule has 1 radical (unpaired) electrons. The molecule has 0 atom stereocenters. The van der Waals surface area contributed by atoms with Crippen molar-refractivity contribution in [3.05, 3.63) is 19.1 Å². The molecule has 0 unspecified atom stereocenters. The molecule has 0 aliphatic rings. The molecule has 31 valence electrons. The minimum absolute atomic E-state index is 1.63. The van der Waals surface area contributed by atoms with Crippen LogP contribution in [-0.4, -0.2) is 0 Å². The van der Waals surface area contributed by atoms with Crippen molar-refractivity contribution in [2.45, 2.75) is 0 Å². The van der Waals surface area contributed by atoms with Crippen molar-refractivity contribution >= 4 is 15.9 Å². The Hall–Kier alpha value is -0.220. The van der Waals surface area contributed by atoms with Gasteiger partial charge in [0.2, 0.25) is 0 Å². The van der Waals surface area contributed by atoms with Crippen LogP contribution in [0.25, 0.3) is 0 Å². The Kier molecular flexibility index (Phi) is 4.60. The number of hydrogen-bond acceptors (Lipinski definition) is 0. The second-order valence-electron chi connectivity index (χ2n) is 0.641. The number of allylic oxidation sites excluding steroid dienone is 2. The summed E-state index contributed by atoms with van der Waals surface area (Å²) in [6.07, 6.45) is 3.29. The lowest BCUT2D eigenvalue weighted by Gasteiger charge is -1.54. The lowest BCUT2D eigenvalue weighted by molar-refractivity contribution is 2.07. The van der Waals surface area contributed by atoms with Crippen LogP contribution in [0.4, 0.5) is 0 Å². The summed E-state index contributed by atoms with van der Waals surface area (Å²) in [4.78, 5) is 2.50. The Bertz CT molecular complexity index is 92.2. The molecule has 0 nitrogen and oxygen atoms in total. The third kappa shape index (κ3) is 3.78. The molecule has 0 fully saturated rings. The van der Waals surface area contributed by atoms with Gasteiger partial charge in [-0.15, -0.1) is 0 Å². The maximum Gasteiger partial charge on any atom is 0.0110 e. The van der Waals surface area contributed by atoms with Crippen molar-refractivity contribution in [2.75, 3.05) is 0 Å². The topological polar surface area (TPSA) is 0 Å².